The van der Waals surface area contributed by atoms with Crippen molar-refractivity contribution in [3.8, 4) is 11.5 Å². The fourth-order valence-electron chi connectivity index (χ4n) is 3.52. The molecule has 0 aliphatic carbocycles. The molecule has 7 heteroatoms. The number of fused-ring (bicyclic) bond motifs is 1. The molecule has 1 N–H and O–H groups in total. The summed E-state index contributed by atoms with van der Waals surface area (Å²) >= 11 is 0. The Morgan fingerprint density at radius 2 is 1.74 bits per heavy atom. The van der Waals surface area contributed by atoms with Crippen molar-refractivity contribution >= 4 is 16.8 Å². The maximum Gasteiger partial charge on any atom is 0.270 e. The molecule has 0 spiro atoms. The number of ether oxygens (including phenoxy) is 2. The van der Waals surface area contributed by atoms with Crippen molar-refractivity contribution < 1.29 is 18.7 Å². The SMILES string of the molecule is COc1ccc(OC)c2[nH]c(C(=O)N(Cc3ccccn3)Cc3ccccc3F)cc12. The number of hydrogen-bond acceptors (Lipinski definition) is 4. The molecule has 0 bridgehead atoms. The molecule has 1 amide bonds. The summed E-state index contributed by atoms with van der Waals surface area (Å²) in [5, 5.41) is 0.730. The standard InChI is InChI=1S/C24H22FN3O3/c1-30-21-10-11-22(31-2)23-18(21)13-20(27-23)24(29)28(15-17-8-5-6-12-26-17)14-16-7-3-4-9-19(16)25/h3-13,27H,14-15H2,1-2H3. The Balaban J connectivity index is 1.73. The normalized spacial score (nSPS) is 10.8. The number of aromatic amines is 1. The van der Waals surface area contributed by atoms with E-state index >= 15 is 0 Å². The van der Waals surface area contributed by atoms with Gasteiger partial charge >= 0.3 is 0 Å². The highest BCUT2D eigenvalue weighted by Gasteiger charge is 2.22. The molecule has 0 aliphatic heterocycles. The number of pyridine rings is 1. The molecule has 31 heavy (non-hydrogen) atoms. The van der Waals surface area contributed by atoms with E-state index in [2.05, 4.69) is 9.97 Å². The summed E-state index contributed by atoms with van der Waals surface area (Å²) in [7, 11) is 3.14. The molecule has 0 saturated carbocycles. The van der Waals surface area contributed by atoms with Crippen LogP contribution in [0.25, 0.3) is 10.9 Å². The highest BCUT2D eigenvalue weighted by Crippen LogP contribution is 2.33. The van der Waals surface area contributed by atoms with Crippen LogP contribution >= 0.6 is 0 Å². The minimum atomic E-state index is -0.360. The first kappa shape index (κ1) is 20.4. The Morgan fingerprint density at radius 3 is 2.45 bits per heavy atom. The number of hydrogen-bond donors (Lipinski definition) is 1. The van der Waals surface area contributed by atoms with Gasteiger partial charge in [0.1, 0.15) is 23.0 Å². The van der Waals surface area contributed by atoms with Crippen LogP contribution in [-0.4, -0.2) is 35.0 Å². The molecule has 0 aliphatic rings. The molecule has 4 aromatic rings. The van der Waals surface area contributed by atoms with Crippen LogP contribution in [0.5, 0.6) is 11.5 Å². The van der Waals surface area contributed by atoms with E-state index in [-0.39, 0.29) is 24.8 Å². The van der Waals surface area contributed by atoms with Crippen LogP contribution in [0.15, 0.2) is 66.9 Å². The van der Waals surface area contributed by atoms with E-state index < -0.39 is 0 Å². The quantitative estimate of drug-likeness (QED) is 0.477. The van der Waals surface area contributed by atoms with Crippen LogP contribution in [-0.2, 0) is 13.1 Å². The Bertz CT molecular complexity index is 1170. The second-order valence-corrected chi connectivity index (χ2v) is 7.02. The molecule has 2 aromatic carbocycles. The zero-order chi connectivity index (χ0) is 21.8. The lowest BCUT2D eigenvalue weighted by Gasteiger charge is -2.22. The molecule has 6 nitrogen and oxygen atoms in total. The highest BCUT2D eigenvalue weighted by molar-refractivity contribution is 6.01. The molecular weight excluding hydrogens is 397 g/mol. The van der Waals surface area contributed by atoms with E-state index in [1.165, 1.54) is 6.07 Å². The van der Waals surface area contributed by atoms with Crippen LogP contribution in [0.2, 0.25) is 0 Å². The van der Waals surface area contributed by atoms with Gasteiger partial charge in [-0.2, -0.15) is 0 Å². The number of rotatable bonds is 7. The summed E-state index contributed by atoms with van der Waals surface area (Å²) in [5.74, 6) is 0.576. The first-order valence-electron chi connectivity index (χ1n) is 9.77. The third-order valence-electron chi connectivity index (χ3n) is 5.07. The van der Waals surface area contributed by atoms with E-state index in [1.807, 2.05) is 18.2 Å². The predicted molar refractivity (Wildman–Crippen MR) is 116 cm³/mol. The molecule has 2 aromatic heterocycles. The number of nitrogens with zero attached hydrogens (tertiary/aromatic N) is 2. The number of H-pyrrole nitrogens is 1. The van der Waals surface area contributed by atoms with E-state index in [9.17, 15) is 9.18 Å². The lowest BCUT2D eigenvalue weighted by Crippen LogP contribution is -2.31. The van der Waals surface area contributed by atoms with Crippen LogP contribution in [0.1, 0.15) is 21.7 Å². The summed E-state index contributed by atoms with van der Waals surface area (Å²) in [6, 6.07) is 17.2. The van der Waals surface area contributed by atoms with Gasteiger partial charge in [0.2, 0.25) is 0 Å². The van der Waals surface area contributed by atoms with Crippen LogP contribution in [0, 0.1) is 5.82 Å². The highest BCUT2D eigenvalue weighted by atomic mass is 19.1. The number of carbonyl (C=O) groups excluding carboxylic acids is 1. The van der Waals surface area contributed by atoms with Gasteiger partial charge in [0.15, 0.2) is 0 Å². The van der Waals surface area contributed by atoms with Crippen LogP contribution in [0.3, 0.4) is 0 Å². The molecule has 0 atom stereocenters. The molecule has 0 radical (unpaired) electrons. The number of benzene rings is 2. The summed E-state index contributed by atoms with van der Waals surface area (Å²) in [4.78, 5) is 22.5. The monoisotopic (exact) mass is 419 g/mol. The van der Waals surface area contributed by atoms with Gasteiger partial charge in [-0.3, -0.25) is 9.78 Å². The predicted octanol–water partition coefficient (Wildman–Crippen LogP) is 4.56. The van der Waals surface area contributed by atoms with Crippen LogP contribution < -0.4 is 9.47 Å². The summed E-state index contributed by atoms with van der Waals surface area (Å²) in [6.07, 6.45) is 1.67. The minimum Gasteiger partial charge on any atom is -0.496 e. The van der Waals surface area contributed by atoms with E-state index in [4.69, 9.17) is 9.47 Å². The minimum absolute atomic E-state index is 0.103. The van der Waals surface area contributed by atoms with E-state index in [0.717, 1.165) is 5.39 Å². The first-order chi connectivity index (χ1) is 15.1. The summed E-state index contributed by atoms with van der Waals surface area (Å²) in [6.45, 7) is 0.337. The fraction of sp³-hybridized carbons (Fsp3) is 0.167. The summed E-state index contributed by atoms with van der Waals surface area (Å²) in [5.41, 5.74) is 2.15. The lowest BCUT2D eigenvalue weighted by molar-refractivity contribution is 0.0721. The van der Waals surface area contributed by atoms with Gasteiger partial charge < -0.3 is 19.4 Å². The number of halogens is 1. The topological polar surface area (TPSA) is 67.5 Å². The molecule has 0 unspecified atom stereocenters. The van der Waals surface area contributed by atoms with Crippen molar-refractivity contribution in [2.75, 3.05) is 14.2 Å². The van der Waals surface area contributed by atoms with Crippen molar-refractivity contribution in [2.45, 2.75) is 13.1 Å². The number of aromatic nitrogens is 2. The lowest BCUT2D eigenvalue weighted by atomic mass is 10.1. The van der Waals surface area contributed by atoms with Crippen molar-refractivity contribution in [3.05, 3.63) is 89.6 Å². The van der Waals surface area contributed by atoms with Gasteiger partial charge in [-0.1, -0.05) is 24.3 Å². The molecule has 2 heterocycles. The molecule has 0 saturated heterocycles. The van der Waals surface area contributed by atoms with Gasteiger partial charge in [-0.25, -0.2) is 4.39 Å². The number of carbonyl (C=O) groups is 1. The van der Waals surface area contributed by atoms with Crippen molar-refractivity contribution in [3.63, 3.8) is 0 Å². The number of nitrogens with one attached hydrogen (secondary N) is 1. The maximum absolute atomic E-state index is 14.3. The third-order valence-corrected chi connectivity index (χ3v) is 5.07. The van der Waals surface area contributed by atoms with Gasteiger partial charge in [0.05, 0.1) is 32.0 Å². The molecular formula is C24H22FN3O3. The van der Waals surface area contributed by atoms with Crippen molar-refractivity contribution in [1.82, 2.24) is 14.9 Å². The van der Waals surface area contributed by atoms with E-state index in [0.29, 0.717) is 34.0 Å². The second kappa shape index (κ2) is 8.87. The molecule has 0 fully saturated rings. The average molecular weight is 419 g/mol. The fourth-order valence-corrected chi connectivity index (χ4v) is 3.52. The zero-order valence-corrected chi connectivity index (χ0v) is 17.3. The largest absolute Gasteiger partial charge is 0.496 e. The van der Waals surface area contributed by atoms with Gasteiger partial charge in [-0.15, -0.1) is 0 Å². The Kier molecular flexibility index (Phi) is 5.84. The smallest absolute Gasteiger partial charge is 0.270 e. The Hall–Kier alpha value is -3.87. The third kappa shape index (κ3) is 4.21. The van der Waals surface area contributed by atoms with E-state index in [1.54, 1.807) is 61.7 Å². The second-order valence-electron chi connectivity index (χ2n) is 7.02. The van der Waals surface area contributed by atoms with Crippen molar-refractivity contribution in [1.29, 1.82) is 0 Å². The van der Waals surface area contributed by atoms with Gasteiger partial charge in [0.25, 0.3) is 5.91 Å². The average Bonchev–Trinajstić information content (AvgIpc) is 3.25. The van der Waals surface area contributed by atoms with Crippen LogP contribution in [0.4, 0.5) is 4.39 Å². The number of methoxy groups -OCH3 is 2. The number of amides is 1. The molecule has 4 rings (SSSR count). The summed E-state index contributed by atoms with van der Waals surface area (Å²) < 4.78 is 25.2. The zero-order valence-electron chi connectivity index (χ0n) is 17.3. The Labute approximate surface area is 179 Å². The maximum atomic E-state index is 14.3. The Morgan fingerprint density at radius 1 is 1.00 bits per heavy atom. The van der Waals surface area contributed by atoms with Crippen molar-refractivity contribution in [2.24, 2.45) is 0 Å². The molecule has 158 valence electrons. The first-order valence-corrected chi connectivity index (χ1v) is 9.77. The van der Waals surface area contributed by atoms with Gasteiger partial charge in [-0.05, 0) is 36.4 Å². The van der Waals surface area contributed by atoms with Gasteiger partial charge in [0, 0.05) is 23.7 Å².